The lowest BCUT2D eigenvalue weighted by Crippen LogP contribution is -2.65. The summed E-state index contributed by atoms with van der Waals surface area (Å²) in [4.78, 5) is 37.8. The van der Waals surface area contributed by atoms with Crippen LogP contribution >= 0.6 is 0 Å². The Morgan fingerprint density at radius 1 is 1.29 bits per heavy atom. The second-order valence-corrected chi connectivity index (χ2v) is 10.2. The molecule has 2 aliphatic rings. The number of likely N-dealkylation sites (tertiary alicyclic amines) is 1. The molecule has 0 atom stereocenters. The predicted molar refractivity (Wildman–Crippen MR) is 150 cm³/mol. The zero-order chi connectivity index (χ0) is 30.5. The first-order valence-electron chi connectivity index (χ1n) is 12.8. The average molecular weight is 583 g/mol. The molecule has 220 valence electrons. The Morgan fingerprint density at radius 2 is 2.02 bits per heavy atom. The molecular formula is C27H29F3N10O2. The Balaban J connectivity index is 1.44. The SMILES string of the molecule is N#CCC1(N=CC(=CN)/C(C=N)=C/c2ncc(-c3cccc(NC(=O)NCC(F)(F)F)c3)[nH]2)CN(C(=O)C2(N)CC2)C1. The largest absolute Gasteiger partial charge is 0.405 e. The second kappa shape index (κ2) is 11.9. The molecule has 0 radical (unpaired) electrons. The fourth-order valence-electron chi connectivity index (χ4n) is 4.31. The van der Waals surface area contributed by atoms with Crippen LogP contribution in [0, 0.1) is 16.7 Å². The fourth-order valence-corrected chi connectivity index (χ4v) is 4.31. The number of urea groups is 1. The summed E-state index contributed by atoms with van der Waals surface area (Å²) in [5.74, 6) is 0.225. The highest BCUT2D eigenvalue weighted by molar-refractivity contribution is 6.01. The molecule has 1 saturated heterocycles. The van der Waals surface area contributed by atoms with E-state index < -0.39 is 29.8 Å². The third kappa shape index (κ3) is 7.21. The van der Waals surface area contributed by atoms with Crippen LogP contribution < -0.4 is 22.1 Å². The van der Waals surface area contributed by atoms with E-state index in [2.05, 4.69) is 26.3 Å². The minimum Gasteiger partial charge on any atom is -0.404 e. The first-order chi connectivity index (χ1) is 19.9. The summed E-state index contributed by atoms with van der Waals surface area (Å²) in [7, 11) is 0. The van der Waals surface area contributed by atoms with Gasteiger partial charge >= 0.3 is 12.2 Å². The number of imidazole rings is 1. The van der Waals surface area contributed by atoms with Crippen LogP contribution in [0.15, 0.2) is 52.8 Å². The van der Waals surface area contributed by atoms with Gasteiger partial charge in [0.15, 0.2) is 0 Å². The van der Waals surface area contributed by atoms with Crippen LogP contribution in [0.3, 0.4) is 0 Å². The van der Waals surface area contributed by atoms with Crippen LogP contribution in [0.1, 0.15) is 25.1 Å². The van der Waals surface area contributed by atoms with Crippen molar-refractivity contribution in [2.75, 3.05) is 25.0 Å². The number of H-pyrrole nitrogens is 1. The van der Waals surface area contributed by atoms with Crippen molar-refractivity contribution >= 4 is 36.1 Å². The summed E-state index contributed by atoms with van der Waals surface area (Å²) in [6.07, 6.45) is 3.72. The highest BCUT2D eigenvalue weighted by Gasteiger charge is 2.54. The molecule has 2 aromatic rings. The molecule has 0 unspecified atom stereocenters. The van der Waals surface area contributed by atoms with E-state index in [0.29, 0.717) is 41.1 Å². The van der Waals surface area contributed by atoms with Gasteiger partial charge in [-0.2, -0.15) is 18.4 Å². The van der Waals surface area contributed by atoms with Crippen molar-refractivity contribution < 1.29 is 22.8 Å². The summed E-state index contributed by atoms with van der Waals surface area (Å²) in [5, 5.41) is 21.3. The van der Waals surface area contributed by atoms with Crippen LogP contribution in [-0.4, -0.2) is 76.1 Å². The van der Waals surface area contributed by atoms with Gasteiger partial charge in [0, 0.05) is 54.1 Å². The molecule has 0 bridgehead atoms. The van der Waals surface area contributed by atoms with Gasteiger partial charge in [-0.1, -0.05) is 12.1 Å². The van der Waals surface area contributed by atoms with Gasteiger partial charge in [0.25, 0.3) is 0 Å². The van der Waals surface area contributed by atoms with E-state index in [1.54, 1.807) is 34.5 Å². The number of hydrogen-bond donors (Lipinski definition) is 6. The number of nitriles is 1. The van der Waals surface area contributed by atoms with Gasteiger partial charge in [-0.3, -0.25) is 9.79 Å². The number of aromatic nitrogens is 2. The van der Waals surface area contributed by atoms with Crippen LogP contribution in [-0.2, 0) is 4.79 Å². The van der Waals surface area contributed by atoms with E-state index in [-0.39, 0.29) is 31.1 Å². The van der Waals surface area contributed by atoms with Crippen LogP contribution in [0.4, 0.5) is 23.7 Å². The van der Waals surface area contributed by atoms with Gasteiger partial charge in [0.2, 0.25) is 5.91 Å². The maximum atomic E-state index is 12.5. The molecule has 8 N–H and O–H groups in total. The molecule has 42 heavy (non-hydrogen) atoms. The van der Waals surface area contributed by atoms with E-state index in [0.717, 1.165) is 6.21 Å². The molecule has 12 nitrogen and oxygen atoms in total. The number of hydrogen-bond acceptors (Lipinski definition) is 8. The second-order valence-electron chi connectivity index (χ2n) is 10.2. The van der Waals surface area contributed by atoms with Gasteiger partial charge in [-0.05, 0) is 31.1 Å². The Hall–Kier alpha value is -4.97. The van der Waals surface area contributed by atoms with Crippen LogP contribution in [0.25, 0.3) is 17.3 Å². The van der Waals surface area contributed by atoms with Crippen LogP contribution in [0.5, 0.6) is 0 Å². The van der Waals surface area contributed by atoms with E-state index in [1.165, 1.54) is 24.7 Å². The molecule has 0 spiro atoms. The normalized spacial score (nSPS) is 17.7. The number of aliphatic imine (C=N–C) groups is 1. The minimum atomic E-state index is -4.53. The number of nitrogens with zero attached hydrogens (tertiary/aromatic N) is 4. The molecule has 3 amide bonds. The Kier molecular flexibility index (Phi) is 8.48. The number of rotatable bonds is 10. The quantitative estimate of drug-likeness (QED) is 0.184. The lowest BCUT2D eigenvalue weighted by atomic mass is 9.86. The van der Waals surface area contributed by atoms with Crippen molar-refractivity contribution in [3.05, 3.63) is 53.6 Å². The fraction of sp³-hybridized carbons (Fsp3) is 0.333. The summed E-state index contributed by atoms with van der Waals surface area (Å²) >= 11 is 0. The maximum absolute atomic E-state index is 12.5. The molecule has 2 fully saturated rings. The van der Waals surface area contributed by atoms with E-state index in [4.69, 9.17) is 16.9 Å². The molecular weight excluding hydrogens is 553 g/mol. The number of nitrogens with one attached hydrogen (secondary N) is 4. The number of halogens is 3. The number of amides is 3. The number of nitrogens with two attached hydrogens (primary N) is 2. The minimum absolute atomic E-state index is 0.0891. The molecule has 4 rings (SSSR count). The predicted octanol–water partition coefficient (Wildman–Crippen LogP) is 2.69. The highest BCUT2D eigenvalue weighted by Crippen LogP contribution is 2.38. The summed E-state index contributed by atoms with van der Waals surface area (Å²) < 4.78 is 37.0. The van der Waals surface area contributed by atoms with Gasteiger partial charge in [0.05, 0.1) is 29.9 Å². The van der Waals surface area contributed by atoms with Gasteiger partial charge < -0.3 is 37.4 Å². The first kappa shape index (κ1) is 30.0. The summed E-state index contributed by atoms with van der Waals surface area (Å²) in [6.45, 7) is -0.939. The van der Waals surface area contributed by atoms with Gasteiger partial charge in [0.1, 0.15) is 17.9 Å². The van der Waals surface area contributed by atoms with Gasteiger partial charge in [-0.25, -0.2) is 9.78 Å². The molecule has 1 aromatic carbocycles. The molecule has 1 aliphatic heterocycles. The zero-order valence-electron chi connectivity index (χ0n) is 22.3. The average Bonchev–Trinajstić information content (AvgIpc) is 3.51. The standard InChI is InChI=1S/C27H29F3N10O2/c28-27(29,30)14-36-24(42)38-20-3-1-2-17(8-20)21-13-35-22(39-21)9-18(10-32)19(11-33)12-37-25(6-7-31)15-40(16-25)23(41)26(34)4-5-26/h1-3,8-13,32H,4-6,14-16,33-34H2,(H,35,39)(H2,36,38,42)/b18-9+,19-11?,32-10?,37-12?. The van der Waals surface area contributed by atoms with Crippen molar-refractivity contribution in [1.29, 1.82) is 10.7 Å². The first-order valence-corrected chi connectivity index (χ1v) is 12.8. The molecule has 2 heterocycles. The van der Waals surface area contributed by atoms with Crippen molar-refractivity contribution in [2.24, 2.45) is 16.5 Å². The maximum Gasteiger partial charge on any atom is 0.405 e. The lowest BCUT2D eigenvalue weighted by molar-refractivity contribution is -0.140. The summed E-state index contributed by atoms with van der Waals surface area (Å²) in [6, 6.07) is 7.52. The third-order valence-electron chi connectivity index (χ3n) is 6.79. The Bertz CT molecular complexity index is 1490. The van der Waals surface area contributed by atoms with Crippen molar-refractivity contribution in [3.63, 3.8) is 0 Å². The number of aromatic amines is 1. The molecule has 1 aliphatic carbocycles. The monoisotopic (exact) mass is 582 g/mol. The number of allylic oxidation sites excluding steroid dienone is 2. The van der Waals surface area contributed by atoms with Crippen LogP contribution in [0.2, 0.25) is 0 Å². The topological polar surface area (TPSA) is 202 Å². The Morgan fingerprint density at radius 3 is 2.64 bits per heavy atom. The third-order valence-corrected chi connectivity index (χ3v) is 6.79. The zero-order valence-corrected chi connectivity index (χ0v) is 22.3. The molecule has 15 heteroatoms. The van der Waals surface area contributed by atoms with E-state index in [1.807, 2.05) is 0 Å². The molecule has 1 aromatic heterocycles. The Labute approximate surface area is 238 Å². The van der Waals surface area contributed by atoms with Crippen molar-refractivity contribution in [1.82, 2.24) is 20.2 Å². The number of carbonyl (C=O) groups is 2. The molecule has 1 saturated carbocycles. The lowest BCUT2D eigenvalue weighted by Gasteiger charge is -2.47. The number of alkyl halides is 3. The number of benzene rings is 1. The number of anilines is 1. The van der Waals surface area contributed by atoms with Crippen molar-refractivity contribution in [2.45, 2.75) is 36.5 Å². The van der Waals surface area contributed by atoms with E-state index >= 15 is 0 Å². The summed E-state index contributed by atoms with van der Waals surface area (Å²) in [5.41, 5.74) is 12.4. The van der Waals surface area contributed by atoms with E-state index in [9.17, 15) is 28.0 Å². The highest BCUT2D eigenvalue weighted by atomic mass is 19.4. The van der Waals surface area contributed by atoms with Gasteiger partial charge in [-0.15, -0.1) is 0 Å². The smallest absolute Gasteiger partial charge is 0.404 e. The van der Waals surface area contributed by atoms with Crippen molar-refractivity contribution in [3.8, 4) is 17.3 Å². The number of carbonyl (C=O) groups excluding carboxylic acids is 2.